The standard InChI is InChI=1S/C14H21N/c1-15(2)11-13-9-5-6-10-14(13)12-7-3-4-8-12/h5-6,9-10,12H,3-4,7-8,11H2,1-2H3. The molecular formula is C14H21N. The predicted octanol–water partition coefficient (Wildman–Crippen LogP) is 3.41. The summed E-state index contributed by atoms with van der Waals surface area (Å²) in [6.45, 7) is 1.08. The topological polar surface area (TPSA) is 3.24 Å². The van der Waals surface area contributed by atoms with Gasteiger partial charge in [-0.1, -0.05) is 37.1 Å². The van der Waals surface area contributed by atoms with Gasteiger partial charge in [-0.2, -0.15) is 0 Å². The van der Waals surface area contributed by atoms with Crippen LogP contribution in [0.5, 0.6) is 0 Å². The van der Waals surface area contributed by atoms with Crippen molar-refractivity contribution in [2.24, 2.45) is 0 Å². The van der Waals surface area contributed by atoms with Crippen molar-refractivity contribution in [2.75, 3.05) is 14.1 Å². The monoisotopic (exact) mass is 203 g/mol. The lowest BCUT2D eigenvalue weighted by Gasteiger charge is -2.18. The molecule has 1 fully saturated rings. The normalized spacial score (nSPS) is 17.5. The first-order valence-electron chi connectivity index (χ1n) is 6.00. The van der Waals surface area contributed by atoms with Gasteiger partial charge in [0.25, 0.3) is 0 Å². The van der Waals surface area contributed by atoms with Crippen LogP contribution in [0.25, 0.3) is 0 Å². The fourth-order valence-corrected chi connectivity index (χ4v) is 2.65. The summed E-state index contributed by atoms with van der Waals surface area (Å²) in [7, 11) is 4.29. The molecule has 0 spiro atoms. The number of nitrogens with zero attached hydrogens (tertiary/aromatic N) is 1. The highest BCUT2D eigenvalue weighted by molar-refractivity contribution is 5.30. The van der Waals surface area contributed by atoms with Gasteiger partial charge in [0.05, 0.1) is 0 Å². The van der Waals surface area contributed by atoms with E-state index in [1.807, 2.05) is 0 Å². The molecule has 1 aliphatic carbocycles. The third kappa shape index (κ3) is 2.60. The predicted molar refractivity (Wildman–Crippen MR) is 65.0 cm³/mol. The molecule has 0 N–H and O–H groups in total. The average molecular weight is 203 g/mol. The molecule has 0 unspecified atom stereocenters. The Morgan fingerprint density at radius 2 is 1.80 bits per heavy atom. The molecule has 0 aromatic heterocycles. The maximum atomic E-state index is 2.33. The van der Waals surface area contributed by atoms with Crippen LogP contribution < -0.4 is 0 Å². The minimum Gasteiger partial charge on any atom is -0.305 e. The lowest BCUT2D eigenvalue weighted by molar-refractivity contribution is 0.399. The molecule has 0 atom stereocenters. The summed E-state index contributed by atoms with van der Waals surface area (Å²) in [4.78, 5) is 2.26. The zero-order valence-corrected chi connectivity index (χ0v) is 9.87. The highest BCUT2D eigenvalue weighted by atomic mass is 15.0. The second-order valence-corrected chi connectivity index (χ2v) is 4.92. The van der Waals surface area contributed by atoms with Crippen molar-refractivity contribution in [3.05, 3.63) is 35.4 Å². The van der Waals surface area contributed by atoms with Crippen LogP contribution in [-0.4, -0.2) is 19.0 Å². The molecule has 0 heterocycles. The van der Waals surface area contributed by atoms with Gasteiger partial charge in [-0.25, -0.2) is 0 Å². The van der Waals surface area contributed by atoms with E-state index in [0.29, 0.717) is 0 Å². The van der Waals surface area contributed by atoms with Crippen molar-refractivity contribution < 1.29 is 0 Å². The molecular weight excluding hydrogens is 182 g/mol. The fraction of sp³-hybridized carbons (Fsp3) is 0.571. The van der Waals surface area contributed by atoms with Gasteiger partial charge >= 0.3 is 0 Å². The minimum absolute atomic E-state index is 0.834. The summed E-state index contributed by atoms with van der Waals surface area (Å²) in [5.41, 5.74) is 3.12. The first kappa shape index (κ1) is 10.7. The van der Waals surface area contributed by atoms with Crippen LogP contribution in [0.15, 0.2) is 24.3 Å². The van der Waals surface area contributed by atoms with Gasteiger partial charge in [0, 0.05) is 6.54 Å². The van der Waals surface area contributed by atoms with E-state index in [9.17, 15) is 0 Å². The van der Waals surface area contributed by atoms with Crippen LogP contribution in [0.3, 0.4) is 0 Å². The Morgan fingerprint density at radius 3 is 2.47 bits per heavy atom. The summed E-state index contributed by atoms with van der Waals surface area (Å²) in [5, 5.41) is 0. The Labute approximate surface area is 93.1 Å². The van der Waals surface area contributed by atoms with Crippen molar-refractivity contribution in [1.29, 1.82) is 0 Å². The van der Waals surface area contributed by atoms with Crippen LogP contribution >= 0.6 is 0 Å². The van der Waals surface area contributed by atoms with Crippen LogP contribution in [-0.2, 0) is 6.54 Å². The second kappa shape index (κ2) is 4.80. The summed E-state index contributed by atoms with van der Waals surface area (Å²) < 4.78 is 0. The highest BCUT2D eigenvalue weighted by Crippen LogP contribution is 2.35. The molecule has 0 radical (unpaired) electrons. The highest BCUT2D eigenvalue weighted by Gasteiger charge is 2.19. The van der Waals surface area contributed by atoms with E-state index in [0.717, 1.165) is 12.5 Å². The van der Waals surface area contributed by atoms with E-state index < -0.39 is 0 Å². The van der Waals surface area contributed by atoms with E-state index in [4.69, 9.17) is 0 Å². The summed E-state index contributed by atoms with van der Waals surface area (Å²) >= 11 is 0. The molecule has 1 nitrogen and oxygen atoms in total. The van der Waals surface area contributed by atoms with E-state index in [1.165, 1.54) is 31.2 Å². The molecule has 1 heteroatoms. The SMILES string of the molecule is CN(C)Cc1ccccc1C1CCCC1. The third-order valence-electron chi connectivity index (χ3n) is 3.34. The molecule has 2 rings (SSSR count). The van der Waals surface area contributed by atoms with Crippen LogP contribution in [0, 0.1) is 0 Å². The molecule has 0 bridgehead atoms. The Morgan fingerprint density at radius 1 is 1.13 bits per heavy atom. The van der Waals surface area contributed by atoms with Gasteiger partial charge in [0.2, 0.25) is 0 Å². The molecule has 1 aliphatic rings. The molecule has 0 amide bonds. The lowest BCUT2D eigenvalue weighted by atomic mass is 9.93. The average Bonchev–Trinajstić information content (AvgIpc) is 2.70. The second-order valence-electron chi connectivity index (χ2n) is 4.92. The van der Waals surface area contributed by atoms with Crippen LogP contribution in [0.4, 0.5) is 0 Å². The molecule has 15 heavy (non-hydrogen) atoms. The van der Waals surface area contributed by atoms with Gasteiger partial charge in [-0.15, -0.1) is 0 Å². The van der Waals surface area contributed by atoms with E-state index in [-0.39, 0.29) is 0 Å². The van der Waals surface area contributed by atoms with Crippen molar-refractivity contribution >= 4 is 0 Å². The smallest absolute Gasteiger partial charge is 0.0230 e. The molecule has 0 aliphatic heterocycles. The summed E-state index contributed by atoms with van der Waals surface area (Å²) in [6.07, 6.45) is 5.62. The first-order chi connectivity index (χ1) is 7.27. The Bertz CT molecular complexity index is 311. The fourth-order valence-electron chi connectivity index (χ4n) is 2.65. The van der Waals surface area contributed by atoms with Crippen LogP contribution in [0.1, 0.15) is 42.7 Å². The molecule has 0 saturated heterocycles. The van der Waals surface area contributed by atoms with Gasteiger partial charge in [-0.05, 0) is 44.0 Å². The maximum absolute atomic E-state index is 2.33. The minimum atomic E-state index is 0.834. The van der Waals surface area contributed by atoms with Gasteiger partial charge in [0.1, 0.15) is 0 Å². The van der Waals surface area contributed by atoms with Crippen molar-refractivity contribution in [3.63, 3.8) is 0 Å². The van der Waals surface area contributed by atoms with Crippen molar-refractivity contribution in [3.8, 4) is 0 Å². The quantitative estimate of drug-likeness (QED) is 0.727. The molecule has 1 aromatic rings. The Hall–Kier alpha value is -0.820. The number of hydrogen-bond acceptors (Lipinski definition) is 1. The third-order valence-corrected chi connectivity index (χ3v) is 3.34. The van der Waals surface area contributed by atoms with Crippen molar-refractivity contribution in [2.45, 2.75) is 38.1 Å². The van der Waals surface area contributed by atoms with E-state index in [1.54, 1.807) is 5.56 Å². The largest absolute Gasteiger partial charge is 0.305 e. The van der Waals surface area contributed by atoms with Crippen molar-refractivity contribution in [1.82, 2.24) is 4.90 Å². The van der Waals surface area contributed by atoms with Gasteiger partial charge in [-0.3, -0.25) is 0 Å². The van der Waals surface area contributed by atoms with Gasteiger partial charge in [0.15, 0.2) is 0 Å². The van der Waals surface area contributed by atoms with Gasteiger partial charge < -0.3 is 4.90 Å². The lowest BCUT2D eigenvalue weighted by Crippen LogP contribution is -2.13. The molecule has 1 aromatic carbocycles. The Balaban J connectivity index is 2.20. The first-order valence-corrected chi connectivity index (χ1v) is 6.00. The molecule has 1 saturated carbocycles. The number of benzene rings is 1. The Kier molecular flexibility index (Phi) is 3.42. The summed E-state index contributed by atoms with van der Waals surface area (Å²) in [5.74, 6) is 0.834. The zero-order valence-electron chi connectivity index (χ0n) is 9.87. The van der Waals surface area contributed by atoms with Crippen LogP contribution in [0.2, 0.25) is 0 Å². The number of rotatable bonds is 3. The molecule has 82 valence electrons. The van der Waals surface area contributed by atoms with E-state index >= 15 is 0 Å². The maximum Gasteiger partial charge on any atom is 0.0230 e. The zero-order chi connectivity index (χ0) is 10.7. The number of hydrogen-bond donors (Lipinski definition) is 0. The summed E-state index contributed by atoms with van der Waals surface area (Å²) in [6, 6.07) is 8.96. The van der Waals surface area contributed by atoms with E-state index in [2.05, 4.69) is 43.3 Å².